The standard InChI is InChI=1S/C18H16ClN3O2/c1-12-9-17(22-24-12)21-18(23)16(10-13-3-2-8-20-11-13)14-4-6-15(19)7-5-14/h2-9,11,16H,10H2,1H3,(H,21,22,23). The van der Waals surface area contributed by atoms with Crippen LogP contribution in [0.15, 0.2) is 59.4 Å². The first-order chi connectivity index (χ1) is 11.6. The van der Waals surface area contributed by atoms with Gasteiger partial charge in [-0.05, 0) is 42.7 Å². The van der Waals surface area contributed by atoms with Crippen molar-refractivity contribution in [3.05, 3.63) is 76.8 Å². The van der Waals surface area contributed by atoms with Crippen molar-refractivity contribution in [1.82, 2.24) is 10.1 Å². The molecular weight excluding hydrogens is 326 g/mol. The summed E-state index contributed by atoms with van der Waals surface area (Å²) in [5.74, 6) is 0.501. The summed E-state index contributed by atoms with van der Waals surface area (Å²) in [7, 11) is 0. The van der Waals surface area contributed by atoms with Crippen molar-refractivity contribution in [2.24, 2.45) is 0 Å². The van der Waals surface area contributed by atoms with Crippen molar-refractivity contribution in [3.63, 3.8) is 0 Å². The van der Waals surface area contributed by atoms with Gasteiger partial charge < -0.3 is 9.84 Å². The monoisotopic (exact) mass is 341 g/mol. The fraction of sp³-hybridized carbons (Fsp3) is 0.167. The Kier molecular flexibility index (Phi) is 4.91. The minimum absolute atomic E-state index is 0.158. The Labute approximate surface area is 144 Å². The van der Waals surface area contributed by atoms with Crippen LogP contribution < -0.4 is 5.32 Å². The predicted octanol–water partition coefficient (Wildman–Crippen LogP) is 4.00. The maximum absolute atomic E-state index is 12.8. The van der Waals surface area contributed by atoms with E-state index in [1.807, 2.05) is 24.3 Å². The van der Waals surface area contributed by atoms with E-state index in [1.54, 1.807) is 37.5 Å². The van der Waals surface area contributed by atoms with Gasteiger partial charge in [0.1, 0.15) is 5.76 Å². The van der Waals surface area contributed by atoms with Gasteiger partial charge in [-0.2, -0.15) is 0 Å². The summed E-state index contributed by atoms with van der Waals surface area (Å²) in [4.78, 5) is 16.9. The molecule has 1 N–H and O–H groups in total. The lowest BCUT2D eigenvalue weighted by molar-refractivity contribution is -0.117. The Hall–Kier alpha value is -2.66. The second-order valence-electron chi connectivity index (χ2n) is 5.48. The number of pyridine rings is 1. The van der Waals surface area contributed by atoms with E-state index >= 15 is 0 Å². The van der Waals surface area contributed by atoms with Gasteiger partial charge in [0, 0.05) is 23.5 Å². The van der Waals surface area contributed by atoms with Crippen LogP contribution in [0.4, 0.5) is 5.82 Å². The molecule has 2 heterocycles. The van der Waals surface area contributed by atoms with Gasteiger partial charge in [0.2, 0.25) is 5.91 Å². The zero-order valence-electron chi connectivity index (χ0n) is 13.1. The number of nitrogens with zero attached hydrogens (tertiary/aromatic N) is 2. The number of benzene rings is 1. The number of hydrogen-bond acceptors (Lipinski definition) is 4. The van der Waals surface area contributed by atoms with E-state index in [0.29, 0.717) is 23.0 Å². The first-order valence-electron chi connectivity index (χ1n) is 7.50. The third kappa shape index (κ3) is 4.00. The first kappa shape index (κ1) is 16.2. The van der Waals surface area contributed by atoms with Gasteiger partial charge in [0.05, 0.1) is 5.92 Å². The SMILES string of the molecule is Cc1cc(NC(=O)C(Cc2cccnc2)c2ccc(Cl)cc2)no1. The Balaban J connectivity index is 1.85. The van der Waals surface area contributed by atoms with Crippen LogP contribution >= 0.6 is 11.6 Å². The lowest BCUT2D eigenvalue weighted by Crippen LogP contribution is -2.23. The Morgan fingerprint density at radius 3 is 2.71 bits per heavy atom. The minimum atomic E-state index is -0.386. The number of nitrogens with one attached hydrogen (secondary N) is 1. The molecule has 3 aromatic rings. The van der Waals surface area contributed by atoms with E-state index in [9.17, 15) is 4.79 Å². The molecule has 5 nitrogen and oxygen atoms in total. The number of aryl methyl sites for hydroxylation is 1. The summed E-state index contributed by atoms with van der Waals surface area (Å²) >= 11 is 5.96. The predicted molar refractivity (Wildman–Crippen MR) is 92.0 cm³/mol. The molecule has 0 spiro atoms. The number of hydrogen-bond donors (Lipinski definition) is 1. The molecule has 1 unspecified atom stereocenters. The Morgan fingerprint density at radius 1 is 1.29 bits per heavy atom. The molecule has 0 aliphatic rings. The molecule has 3 rings (SSSR count). The van der Waals surface area contributed by atoms with Crippen LogP contribution in [0.1, 0.15) is 22.8 Å². The van der Waals surface area contributed by atoms with Crippen LogP contribution in [-0.2, 0) is 11.2 Å². The molecule has 0 bridgehead atoms. The van der Waals surface area contributed by atoms with Crippen LogP contribution in [0.5, 0.6) is 0 Å². The summed E-state index contributed by atoms with van der Waals surface area (Å²) in [6, 6.07) is 12.8. The van der Waals surface area contributed by atoms with E-state index in [0.717, 1.165) is 11.1 Å². The summed E-state index contributed by atoms with van der Waals surface area (Å²) in [5.41, 5.74) is 1.85. The van der Waals surface area contributed by atoms with Crippen LogP contribution in [0.3, 0.4) is 0 Å². The first-order valence-corrected chi connectivity index (χ1v) is 7.88. The number of halogens is 1. The second kappa shape index (κ2) is 7.27. The second-order valence-corrected chi connectivity index (χ2v) is 5.92. The van der Waals surface area contributed by atoms with Gasteiger partial charge in [-0.1, -0.05) is 35.0 Å². The topological polar surface area (TPSA) is 68.0 Å². The molecular formula is C18H16ClN3O2. The third-order valence-corrected chi connectivity index (χ3v) is 3.88. The highest BCUT2D eigenvalue weighted by atomic mass is 35.5. The van der Waals surface area contributed by atoms with Gasteiger partial charge >= 0.3 is 0 Å². The Bertz CT molecular complexity index is 816. The number of carbonyl (C=O) groups is 1. The van der Waals surface area contributed by atoms with Crippen molar-refractivity contribution >= 4 is 23.3 Å². The summed E-state index contributed by atoms with van der Waals surface area (Å²) in [5, 5.41) is 7.24. The van der Waals surface area contributed by atoms with Gasteiger partial charge in [0.25, 0.3) is 0 Å². The van der Waals surface area contributed by atoms with E-state index in [4.69, 9.17) is 16.1 Å². The van der Waals surface area contributed by atoms with E-state index < -0.39 is 0 Å². The maximum atomic E-state index is 12.8. The van der Waals surface area contributed by atoms with Gasteiger partial charge in [-0.15, -0.1) is 0 Å². The van der Waals surface area contributed by atoms with Crippen molar-refractivity contribution in [1.29, 1.82) is 0 Å². The van der Waals surface area contributed by atoms with Crippen molar-refractivity contribution in [3.8, 4) is 0 Å². The third-order valence-electron chi connectivity index (χ3n) is 3.63. The highest BCUT2D eigenvalue weighted by Crippen LogP contribution is 2.24. The van der Waals surface area contributed by atoms with Gasteiger partial charge in [-0.25, -0.2) is 0 Å². The molecule has 6 heteroatoms. The molecule has 0 fully saturated rings. The zero-order valence-corrected chi connectivity index (χ0v) is 13.8. The number of rotatable bonds is 5. The maximum Gasteiger partial charge on any atom is 0.233 e. The molecule has 2 aromatic heterocycles. The largest absolute Gasteiger partial charge is 0.360 e. The highest BCUT2D eigenvalue weighted by molar-refractivity contribution is 6.30. The van der Waals surface area contributed by atoms with Crippen molar-refractivity contribution < 1.29 is 9.32 Å². The molecule has 1 atom stereocenters. The van der Waals surface area contributed by atoms with Gasteiger partial charge in [0.15, 0.2) is 5.82 Å². The van der Waals surface area contributed by atoms with Crippen LogP contribution in [0, 0.1) is 6.92 Å². The molecule has 24 heavy (non-hydrogen) atoms. The van der Waals surface area contributed by atoms with Crippen molar-refractivity contribution in [2.75, 3.05) is 5.32 Å². The lowest BCUT2D eigenvalue weighted by Gasteiger charge is -2.16. The Morgan fingerprint density at radius 2 is 2.08 bits per heavy atom. The van der Waals surface area contributed by atoms with Crippen molar-refractivity contribution in [2.45, 2.75) is 19.3 Å². The average molecular weight is 342 g/mol. The summed E-state index contributed by atoms with van der Waals surface area (Å²) in [6.45, 7) is 1.77. The normalized spacial score (nSPS) is 11.9. The molecule has 0 saturated carbocycles. The zero-order chi connectivity index (χ0) is 16.9. The van der Waals surface area contributed by atoms with E-state index in [2.05, 4.69) is 15.5 Å². The summed E-state index contributed by atoms with van der Waals surface area (Å²) in [6.07, 6.45) is 3.99. The number of amides is 1. The molecule has 1 amide bonds. The lowest BCUT2D eigenvalue weighted by atomic mass is 9.92. The highest BCUT2D eigenvalue weighted by Gasteiger charge is 2.22. The van der Waals surface area contributed by atoms with Crippen LogP contribution in [-0.4, -0.2) is 16.0 Å². The number of anilines is 1. The fourth-order valence-corrected chi connectivity index (χ4v) is 2.58. The smallest absolute Gasteiger partial charge is 0.233 e. The number of carbonyl (C=O) groups excluding carboxylic acids is 1. The average Bonchev–Trinajstić information content (AvgIpc) is 2.99. The molecule has 0 radical (unpaired) electrons. The molecule has 122 valence electrons. The molecule has 1 aromatic carbocycles. The van der Waals surface area contributed by atoms with Crippen LogP contribution in [0.25, 0.3) is 0 Å². The molecule has 0 saturated heterocycles. The number of aromatic nitrogens is 2. The quantitative estimate of drug-likeness (QED) is 0.761. The fourth-order valence-electron chi connectivity index (χ4n) is 2.45. The van der Waals surface area contributed by atoms with E-state index in [1.165, 1.54) is 0 Å². The van der Waals surface area contributed by atoms with Gasteiger partial charge in [-0.3, -0.25) is 9.78 Å². The summed E-state index contributed by atoms with van der Waals surface area (Å²) < 4.78 is 4.99. The molecule has 0 aliphatic heterocycles. The van der Waals surface area contributed by atoms with E-state index in [-0.39, 0.29) is 11.8 Å². The molecule has 0 aliphatic carbocycles. The van der Waals surface area contributed by atoms with Crippen LogP contribution in [0.2, 0.25) is 5.02 Å². The minimum Gasteiger partial charge on any atom is -0.360 e.